The second kappa shape index (κ2) is 6.76. The molecule has 0 saturated carbocycles. The molecule has 0 radical (unpaired) electrons. The number of aromatic carboxylic acids is 1. The van der Waals surface area contributed by atoms with Gasteiger partial charge in [0.05, 0.1) is 17.4 Å². The monoisotopic (exact) mass is 299 g/mol. The number of anilines is 1. The van der Waals surface area contributed by atoms with Crippen LogP contribution >= 0.6 is 0 Å². The van der Waals surface area contributed by atoms with Gasteiger partial charge in [-0.05, 0) is 50.2 Å². The number of hydrogen-bond acceptors (Lipinski definition) is 3. The quantitative estimate of drug-likeness (QED) is 0.887. The molecule has 22 heavy (non-hydrogen) atoms. The Balaban J connectivity index is 2.14. The Hall–Kier alpha value is -2.82. The third-order valence-electron chi connectivity index (χ3n) is 2.89. The van der Waals surface area contributed by atoms with Gasteiger partial charge in [0.1, 0.15) is 5.75 Å². The van der Waals surface area contributed by atoms with Crippen molar-refractivity contribution in [1.29, 1.82) is 0 Å². The lowest BCUT2D eigenvalue weighted by Crippen LogP contribution is -2.14. The van der Waals surface area contributed by atoms with Gasteiger partial charge in [-0.15, -0.1) is 0 Å². The van der Waals surface area contributed by atoms with Crippen molar-refractivity contribution in [2.24, 2.45) is 0 Å². The minimum Gasteiger partial charge on any atom is -0.491 e. The molecule has 0 saturated heterocycles. The van der Waals surface area contributed by atoms with Gasteiger partial charge in [-0.3, -0.25) is 4.79 Å². The van der Waals surface area contributed by atoms with Gasteiger partial charge in [-0.25, -0.2) is 4.79 Å². The fraction of sp³-hybridized carbons (Fsp3) is 0.176. The number of amides is 1. The second-order valence-electron chi connectivity index (χ2n) is 5.00. The van der Waals surface area contributed by atoms with Gasteiger partial charge in [0.2, 0.25) is 0 Å². The molecule has 0 aliphatic carbocycles. The molecule has 5 nitrogen and oxygen atoms in total. The molecule has 2 N–H and O–H groups in total. The highest BCUT2D eigenvalue weighted by Gasteiger charge is 2.13. The van der Waals surface area contributed by atoms with Gasteiger partial charge in [0.15, 0.2) is 0 Å². The summed E-state index contributed by atoms with van der Waals surface area (Å²) in [6.45, 7) is 3.84. The number of carbonyl (C=O) groups is 2. The molecule has 2 aromatic carbocycles. The number of para-hydroxylation sites is 1. The molecular formula is C17H17NO4. The summed E-state index contributed by atoms with van der Waals surface area (Å²) in [6.07, 6.45) is 0.0575. The Bertz CT molecular complexity index is 677. The average Bonchev–Trinajstić information content (AvgIpc) is 2.47. The van der Waals surface area contributed by atoms with Crippen LogP contribution < -0.4 is 10.1 Å². The molecule has 0 aromatic heterocycles. The third-order valence-corrected chi connectivity index (χ3v) is 2.89. The van der Waals surface area contributed by atoms with Crippen molar-refractivity contribution in [3.8, 4) is 5.75 Å². The minimum atomic E-state index is -1.09. The molecule has 0 unspecified atom stereocenters. The van der Waals surface area contributed by atoms with Crippen molar-refractivity contribution in [2.45, 2.75) is 20.0 Å². The van der Waals surface area contributed by atoms with Gasteiger partial charge >= 0.3 is 5.97 Å². The van der Waals surface area contributed by atoms with E-state index in [-0.39, 0.29) is 23.3 Å². The van der Waals surface area contributed by atoms with E-state index in [4.69, 9.17) is 9.84 Å². The first-order valence-corrected chi connectivity index (χ1v) is 6.88. The van der Waals surface area contributed by atoms with Crippen LogP contribution in [-0.4, -0.2) is 23.1 Å². The Labute approximate surface area is 128 Å². The lowest BCUT2D eigenvalue weighted by Gasteiger charge is -2.11. The van der Waals surface area contributed by atoms with E-state index in [1.165, 1.54) is 6.07 Å². The van der Waals surface area contributed by atoms with Crippen LogP contribution in [0.25, 0.3) is 0 Å². The first-order chi connectivity index (χ1) is 10.5. The zero-order chi connectivity index (χ0) is 16.1. The van der Waals surface area contributed by atoms with Crippen LogP contribution in [0.4, 0.5) is 5.69 Å². The summed E-state index contributed by atoms with van der Waals surface area (Å²) in [6, 6.07) is 13.0. The summed E-state index contributed by atoms with van der Waals surface area (Å²) in [5.74, 6) is -0.779. The maximum absolute atomic E-state index is 12.2. The summed E-state index contributed by atoms with van der Waals surface area (Å²) in [4.78, 5) is 23.3. The Morgan fingerprint density at radius 1 is 1.05 bits per heavy atom. The SMILES string of the molecule is CC(C)Oc1ccc(C(=O)Nc2ccccc2C(=O)O)cc1. The van der Waals surface area contributed by atoms with Crippen LogP contribution in [0.2, 0.25) is 0 Å². The molecule has 114 valence electrons. The Morgan fingerprint density at radius 3 is 2.27 bits per heavy atom. The van der Waals surface area contributed by atoms with Crippen LogP contribution in [0, 0.1) is 0 Å². The molecule has 0 bridgehead atoms. The topological polar surface area (TPSA) is 75.6 Å². The fourth-order valence-corrected chi connectivity index (χ4v) is 1.93. The predicted molar refractivity (Wildman–Crippen MR) is 83.6 cm³/mol. The standard InChI is InChI=1S/C17H17NO4/c1-11(2)22-13-9-7-12(8-10-13)16(19)18-15-6-4-3-5-14(15)17(20)21/h3-11H,1-2H3,(H,18,19)(H,20,21). The van der Waals surface area contributed by atoms with Crippen LogP contribution in [0.15, 0.2) is 48.5 Å². The number of hydrogen-bond donors (Lipinski definition) is 2. The van der Waals surface area contributed by atoms with Crippen molar-refractivity contribution in [3.63, 3.8) is 0 Å². The maximum Gasteiger partial charge on any atom is 0.337 e. The van der Waals surface area contributed by atoms with E-state index in [1.54, 1.807) is 42.5 Å². The summed E-state index contributed by atoms with van der Waals surface area (Å²) in [5, 5.41) is 11.7. The molecule has 5 heteroatoms. The summed E-state index contributed by atoms with van der Waals surface area (Å²) in [7, 11) is 0. The number of carboxylic acid groups (broad SMARTS) is 1. The van der Waals surface area contributed by atoms with Gasteiger partial charge in [-0.2, -0.15) is 0 Å². The second-order valence-corrected chi connectivity index (χ2v) is 5.00. The third kappa shape index (κ3) is 3.85. The van der Waals surface area contributed by atoms with Crippen molar-refractivity contribution >= 4 is 17.6 Å². The minimum absolute atomic E-state index is 0.0515. The molecule has 1 amide bonds. The number of carboxylic acids is 1. The molecule has 2 aromatic rings. The smallest absolute Gasteiger partial charge is 0.337 e. The highest BCUT2D eigenvalue weighted by molar-refractivity contribution is 6.07. The summed E-state index contributed by atoms with van der Waals surface area (Å²) >= 11 is 0. The van der Waals surface area contributed by atoms with E-state index in [2.05, 4.69) is 5.32 Å². The van der Waals surface area contributed by atoms with Crippen LogP contribution in [0.1, 0.15) is 34.6 Å². The van der Waals surface area contributed by atoms with Gasteiger partial charge < -0.3 is 15.2 Å². The van der Waals surface area contributed by atoms with E-state index in [1.807, 2.05) is 13.8 Å². The zero-order valence-corrected chi connectivity index (χ0v) is 12.4. The molecule has 0 fully saturated rings. The predicted octanol–water partition coefficient (Wildman–Crippen LogP) is 3.42. The summed E-state index contributed by atoms with van der Waals surface area (Å²) in [5.41, 5.74) is 0.745. The van der Waals surface area contributed by atoms with Crippen LogP contribution in [0.5, 0.6) is 5.75 Å². The fourth-order valence-electron chi connectivity index (χ4n) is 1.93. The van der Waals surface area contributed by atoms with Crippen molar-refractivity contribution in [3.05, 3.63) is 59.7 Å². The molecule has 2 rings (SSSR count). The van der Waals surface area contributed by atoms with E-state index in [0.29, 0.717) is 11.3 Å². The van der Waals surface area contributed by atoms with Crippen LogP contribution in [-0.2, 0) is 0 Å². The largest absolute Gasteiger partial charge is 0.491 e. The highest BCUT2D eigenvalue weighted by atomic mass is 16.5. The number of nitrogens with one attached hydrogen (secondary N) is 1. The Morgan fingerprint density at radius 2 is 1.68 bits per heavy atom. The normalized spacial score (nSPS) is 10.3. The number of rotatable bonds is 5. The lowest BCUT2D eigenvalue weighted by atomic mass is 10.1. The van der Waals surface area contributed by atoms with Gasteiger partial charge in [0, 0.05) is 5.56 Å². The van der Waals surface area contributed by atoms with E-state index < -0.39 is 5.97 Å². The summed E-state index contributed by atoms with van der Waals surface area (Å²) < 4.78 is 5.51. The van der Waals surface area contributed by atoms with E-state index in [9.17, 15) is 9.59 Å². The average molecular weight is 299 g/mol. The first kappa shape index (κ1) is 15.6. The van der Waals surface area contributed by atoms with Gasteiger partial charge in [-0.1, -0.05) is 12.1 Å². The van der Waals surface area contributed by atoms with Crippen molar-refractivity contribution < 1.29 is 19.4 Å². The lowest BCUT2D eigenvalue weighted by molar-refractivity contribution is 0.0698. The number of carbonyl (C=O) groups excluding carboxylic acids is 1. The molecule has 0 atom stereocenters. The molecule has 0 spiro atoms. The van der Waals surface area contributed by atoms with Gasteiger partial charge in [0.25, 0.3) is 5.91 Å². The molecule has 0 aliphatic heterocycles. The maximum atomic E-state index is 12.2. The van der Waals surface area contributed by atoms with E-state index >= 15 is 0 Å². The zero-order valence-electron chi connectivity index (χ0n) is 12.4. The Kier molecular flexibility index (Phi) is 4.78. The van der Waals surface area contributed by atoms with Crippen LogP contribution in [0.3, 0.4) is 0 Å². The molecular weight excluding hydrogens is 282 g/mol. The molecule has 0 heterocycles. The van der Waals surface area contributed by atoms with Crippen molar-refractivity contribution in [1.82, 2.24) is 0 Å². The number of ether oxygens (including phenoxy) is 1. The first-order valence-electron chi connectivity index (χ1n) is 6.88. The highest BCUT2D eigenvalue weighted by Crippen LogP contribution is 2.18. The number of benzene rings is 2. The molecule has 0 aliphatic rings. The van der Waals surface area contributed by atoms with E-state index in [0.717, 1.165) is 0 Å². The van der Waals surface area contributed by atoms with Crippen molar-refractivity contribution in [2.75, 3.05) is 5.32 Å².